The number of rotatable bonds is 6. The van der Waals surface area contributed by atoms with Gasteiger partial charge >= 0.3 is 6.18 Å². The first-order valence-corrected chi connectivity index (χ1v) is 9.04. The van der Waals surface area contributed by atoms with Crippen molar-refractivity contribution in [3.63, 3.8) is 0 Å². The second-order valence-electron chi connectivity index (χ2n) is 6.39. The largest absolute Gasteiger partial charge is 0.494 e. The fourth-order valence-electron chi connectivity index (χ4n) is 2.97. The van der Waals surface area contributed by atoms with E-state index in [9.17, 15) is 13.2 Å². The molecule has 29 heavy (non-hydrogen) atoms. The van der Waals surface area contributed by atoms with Crippen molar-refractivity contribution in [3.8, 4) is 11.4 Å². The summed E-state index contributed by atoms with van der Waals surface area (Å²) in [4.78, 5) is 3.73. The highest BCUT2D eigenvalue weighted by atomic mass is 19.4. The first-order valence-electron chi connectivity index (χ1n) is 9.04. The molecule has 0 amide bonds. The fourth-order valence-corrected chi connectivity index (χ4v) is 2.97. The van der Waals surface area contributed by atoms with Crippen LogP contribution in [-0.2, 0) is 6.18 Å². The zero-order valence-electron chi connectivity index (χ0n) is 16.3. The molecule has 1 aromatic carbocycles. The van der Waals surface area contributed by atoms with Crippen LogP contribution in [0.25, 0.3) is 5.69 Å². The number of ether oxygens (including phenoxy) is 1. The molecule has 0 bridgehead atoms. The highest BCUT2D eigenvalue weighted by Gasteiger charge is 2.30. The number of nitrogens with one attached hydrogen (secondary N) is 1. The maximum atomic E-state index is 12.6. The Balaban J connectivity index is 1.74. The van der Waals surface area contributed by atoms with Crippen molar-refractivity contribution in [1.29, 1.82) is 0 Å². The van der Waals surface area contributed by atoms with Gasteiger partial charge in [-0.15, -0.1) is 0 Å². The molecule has 0 saturated carbocycles. The van der Waals surface area contributed by atoms with Crippen molar-refractivity contribution in [2.24, 2.45) is 5.10 Å². The van der Waals surface area contributed by atoms with Crippen LogP contribution in [0.5, 0.6) is 5.75 Å². The number of aryl methyl sites for hydroxylation is 1. The Bertz CT molecular complexity index is 991. The zero-order chi connectivity index (χ0) is 21.0. The molecule has 3 rings (SSSR count). The summed E-state index contributed by atoms with van der Waals surface area (Å²) < 4.78 is 45.3. The third kappa shape index (κ3) is 4.77. The van der Waals surface area contributed by atoms with Crippen molar-refractivity contribution in [3.05, 3.63) is 71.2 Å². The van der Waals surface area contributed by atoms with Crippen LogP contribution < -0.4 is 10.2 Å². The van der Waals surface area contributed by atoms with Crippen LogP contribution in [0.1, 0.15) is 29.4 Å². The van der Waals surface area contributed by atoms with Crippen molar-refractivity contribution in [2.45, 2.75) is 26.9 Å². The lowest BCUT2D eigenvalue weighted by atomic mass is 10.2. The van der Waals surface area contributed by atoms with Gasteiger partial charge in [0.15, 0.2) is 0 Å². The van der Waals surface area contributed by atoms with Gasteiger partial charge in [-0.2, -0.15) is 18.3 Å². The fraction of sp³-hybridized carbons (Fsp3) is 0.238. The number of aromatic nitrogens is 2. The number of benzene rings is 1. The van der Waals surface area contributed by atoms with Crippen LogP contribution in [0, 0.1) is 13.8 Å². The highest BCUT2D eigenvalue weighted by Crippen LogP contribution is 2.29. The Kier molecular flexibility index (Phi) is 5.91. The van der Waals surface area contributed by atoms with Gasteiger partial charge in [-0.05, 0) is 63.2 Å². The van der Waals surface area contributed by atoms with Gasteiger partial charge in [-0.1, -0.05) is 0 Å². The summed E-state index contributed by atoms with van der Waals surface area (Å²) in [7, 11) is 0. The van der Waals surface area contributed by atoms with Crippen molar-refractivity contribution in [1.82, 2.24) is 9.55 Å². The summed E-state index contributed by atoms with van der Waals surface area (Å²) in [6.07, 6.45) is -2.02. The van der Waals surface area contributed by atoms with Gasteiger partial charge in [0.05, 0.1) is 18.4 Å². The molecule has 0 aliphatic rings. The van der Waals surface area contributed by atoms with Crippen molar-refractivity contribution >= 4 is 12.0 Å². The van der Waals surface area contributed by atoms with Gasteiger partial charge < -0.3 is 9.30 Å². The SMILES string of the molecule is CCOc1ccc(-n2c(C)cc(/C=N\Nc3ccc(C(F)(F)F)cn3)c2C)cc1. The van der Waals surface area contributed by atoms with Gasteiger partial charge in [0, 0.05) is 28.8 Å². The number of alkyl halides is 3. The predicted molar refractivity (Wildman–Crippen MR) is 107 cm³/mol. The molecule has 0 spiro atoms. The van der Waals surface area contributed by atoms with E-state index in [0.29, 0.717) is 6.61 Å². The number of pyridine rings is 1. The molecule has 5 nitrogen and oxygen atoms in total. The van der Waals surface area contributed by atoms with E-state index in [1.165, 1.54) is 6.07 Å². The third-order valence-corrected chi connectivity index (χ3v) is 4.35. The molecule has 0 unspecified atom stereocenters. The molecular formula is C21H21F3N4O. The van der Waals surface area contributed by atoms with E-state index in [4.69, 9.17) is 4.74 Å². The number of hydrogen-bond acceptors (Lipinski definition) is 4. The van der Waals surface area contributed by atoms with Gasteiger partial charge in [0.2, 0.25) is 0 Å². The Morgan fingerprint density at radius 1 is 1.14 bits per heavy atom. The molecule has 0 saturated heterocycles. The van der Waals surface area contributed by atoms with Crippen LogP contribution >= 0.6 is 0 Å². The van der Waals surface area contributed by atoms with E-state index in [1.807, 2.05) is 51.1 Å². The van der Waals surface area contributed by atoms with Gasteiger partial charge in [-0.25, -0.2) is 4.98 Å². The quantitative estimate of drug-likeness (QED) is 0.447. The summed E-state index contributed by atoms with van der Waals surface area (Å²) in [6, 6.07) is 12.0. The molecule has 3 aromatic rings. The molecule has 0 atom stereocenters. The lowest BCUT2D eigenvalue weighted by molar-refractivity contribution is -0.137. The molecule has 152 valence electrons. The second kappa shape index (κ2) is 8.38. The van der Waals surface area contributed by atoms with Gasteiger partial charge in [0.1, 0.15) is 11.6 Å². The average molecular weight is 402 g/mol. The minimum atomic E-state index is -4.41. The number of anilines is 1. The standard InChI is InChI=1S/C21H21F3N4O/c1-4-29-19-8-6-18(7-9-19)28-14(2)11-16(15(28)3)12-26-27-20-10-5-17(13-25-20)21(22,23)24/h5-13H,4H2,1-3H3,(H,25,27)/b26-12-. The van der Waals surface area contributed by atoms with Crippen LogP contribution in [0.3, 0.4) is 0 Å². The van der Waals surface area contributed by atoms with Crippen LogP contribution in [0.15, 0.2) is 53.8 Å². The summed E-state index contributed by atoms with van der Waals surface area (Å²) >= 11 is 0. The molecule has 8 heteroatoms. The summed E-state index contributed by atoms with van der Waals surface area (Å²) in [5.74, 6) is 1.04. The maximum absolute atomic E-state index is 12.6. The van der Waals surface area contributed by atoms with Crippen molar-refractivity contribution in [2.75, 3.05) is 12.0 Å². The van der Waals surface area contributed by atoms with Crippen LogP contribution in [0.4, 0.5) is 19.0 Å². The summed E-state index contributed by atoms with van der Waals surface area (Å²) in [5.41, 5.74) is 5.75. The normalized spacial score (nSPS) is 11.8. The molecule has 2 heterocycles. The lowest BCUT2D eigenvalue weighted by Gasteiger charge is -2.11. The molecule has 1 N–H and O–H groups in total. The third-order valence-electron chi connectivity index (χ3n) is 4.35. The van der Waals surface area contributed by atoms with Gasteiger partial charge in [0.25, 0.3) is 0 Å². The highest BCUT2D eigenvalue weighted by molar-refractivity contribution is 5.82. The topological polar surface area (TPSA) is 51.4 Å². The monoisotopic (exact) mass is 402 g/mol. The maximum Gasteiger partial charge on any atom is 0.417 e. The molecule has 0 fully saturated rings. The Hall–Kier alpha value is -3.29. The molecule has 2 aromatic heterocycles. The van der Waals surface area contributed by atoms with E-state index in [2.05, 4.69) is 20.1 Å². The van der Waals surface area contributed by atoms with Gasteiger partial charge in [-0.3, -0.25) is 5.43 Å². The van der Waals surface area contributed by atoms with Crippen LogP contribution in [-0.4, -0.2) is 22.4 Å². The van der Waals surface area contributed by atoms with E-state index in [0.717, 1.165) is 40.7 Å². The van der Waals surface area contributed by atoms with E-state index >= 15 is 0 Å². The molecule has 0 aliphatic carbocycles. The average Bonchev–Trinajstić information content (AvgIpc) is 2.96. The Morgan fingerprint density at radius 3 is 2.45 bits per heavy atom. The van der Waals surface area contributed by atoms with E-state index in [1.54, 1.807) is 6.21 Å². The van der Waals surface area contributed by atoms with E-state index in [-0.39, 0.29) is 5.82 Å². The smallest absolute Gasteiger partial charge is 0.417 e. The summed E-state index contributed by atoms with van der Waals surface area (Å²) in [5, 5.41) is 4.10. The minimum Gasteiger partial charge on any atom is -0.494 e. The minimum absolute atomic E-state index is 0.231. The first-order chi connectivity index (χ1) is 13.8. The number of hydrazone groups is 1. The molecular weight excluding hydrogens is 381 g/mol. The summed E-state index contributed by atoms with van der Waals surface area (Å²) in [6.45, 7) is 6.52. The number of halogens is 3. The second-order valence-corrected chi connectivity index (χ2v) is 6.39. The lowest BCUT2D eigenvalue weighted by Crippen LogP contribution is -2.05. The molecule has 0 aliphatic heterocycles. The Morgan fingerprint density at radius 2 is 1.86 bits per heavy atom. The van der Waals surface area contributed by atoms with E-state index < -0.39 is 11.7 Å². The number of nitrogens with zero attached hydrogens (tertiary/aromatic N) is 3. The Labute approximate surface area is 166 Å². The number of hydrogen-bond donors (Lipinski definition) is 1. The van der Waals surface area contributed by atoms with Crippen molar-refractivity contribution < 1.29 is 17.9 Å². The first kappa shape index (κ1) is 20.4. The predicted octanol–water partition coefficient (Wildman–Crippen LogP) is 5.35. The van der Waals surface area contributed by atoms with Crippen LogP contribution in [0.2, 0.25) is 0 Å². The zero-order valence-corrected chi connectivity index (χ0v) is 16.3. The molecule has 0 radical (unpaired) electrons.